The molecule has 1 aromatic rings. The first-order valence-corrected chi connectivity index (χ1v) is 9.89. The minimum absolute atomic E-state index is 0.0298. The van der Waals surface area contributed by atoms with Crippen LogP contribution in [0.1, 0.15) is 5.56 Å². The molecular formula is C16H26N4O4S. The minimum Gasteiger partial charge on any atom is -0.379 e. The molecule has 0 unspecified atom stereocenters. The van der Waals surface area contributed by atoms with Gasteiger partial charge in [0.05, 0.1) is 24.7 Å². The van der Waals surface area contributed by atoms with E-state index in [-0.39, 0.29) is 17.3 Å². The van der Waals surface area contributed by atoms with Crippen molar-refractivity contribution in [2.24, 2.45) is 5.14 Å². The lowest BCUT2D eigenvalue weighted by Crippen LogP contribution is -2.43. The molecule has 0 aliphatic carbocycles. The molecule has 1 saturated heterocycles. The largest absolute Gasteiger partial charge is 0.379 e. The van der Waals surface area contributed by atoms with E-state index in [4.69, 9.17) is 9.88 Å². The number of carbonyl (C=O) groups is 1. The Labute approximate surface area is 148 Å². The van der Waals surface area contributed by atoms with Crippen LogP contribution in [0.3, 0.4) is 0 Å². The highest BCUT2D eigenvalue weighted by molar-refractivity contribution is 7.89. The van der Waals surface area contributed by atoms with Crippen molar-refractivity contribution in [3.63, 3.8) is 0 Å². The first kappa shape index (κ1) is 19.8. The van der Waals surface area contributed by atoms with Crippen molar-refractivity contribution in [2.75, 3.05) is 52.5 Å². The second-order valence-electron chi connectivity index (χ2n) is 5.92. The van der Waals surface area contributed by atoms with E-state index in [1.165, 1.54) is 12.1 Å². The fourth-order valence-electron chi connectivity index (χ4n) is 2.52. The van der Waals surface area contributed by atoms with E-state index in [0.717, 1.165) is 38.4 Å². The summed E-state index contributed by atoms with van der Waals surface area (Å²) >= 11 is 0. The lowest BCUT2D eigenvalue weighted by molar-refractivity contribution is -0.120. The number of carbonyl (C=O) groups excluding carboxylic acids is 1. The molecule has 1 aliphatic heterocycles. The molecule has 8 nitrogen and oxygen atoms in total. The fraction of sp³-hybridized carbons (Fsp3) is 0.562. The summed E-state index contributed by atoms with van der Waals surface area (Å²) in [5, 5.41) is 11.0. The first-order valence-electron chi connectivity index (χ1n) is 8.34. The lowest BCUT2D eigenvalue weighted by atomic mass is 10.1. The van der Waals surface area contributed by atoms with Gasteiger partial charge in [0.2, 0.25) is 15.9 Å². The van der Waals surface area contributed by atoms with Crippen LogP contribution < -0.4 is 15.8 Å². The molecule has 2 rings (SSSR count). The van der Waals surface area contributed by atoms with Crippen LogP contribution in [0.5, 0.6) is 0 Å². The summed E-state index contributed by atoms with van der Waals surface area (Å²) in [5.74, 6) is -0.0298. The maximum absolute atomic E-state index is 11.8. The third-order valence-corrected chi connectivity index (χ3v) is 4.91. The second kappa shape index (κ2) is 9.83. The molecule has 140 valence electrons. The monoisotopic (exact) mass is 370 g/mol. The molecule has 1 heterocycles. The number of amides is 1. The summed E-state index contributed by atoms with van der Waals surface area (Å²) in [5.41, 5.74) is 0.979. The van der Waals surface area contributed by atoms with Gasteiger partial charge in [-0.2, -0.15) is 0 Å². The molecule has 9 heteroatoms. The van der Waals surface area contributed by atoms with Crippen molar-refractivity contribution in [1.82, 2.24) is 15.5 Å². The maximum Gasteiger partial charge on any atom is 0.238 e. The SMILES string of the molecule is NS(=O)(=O)c1ccc(CCNCC(=O)NCCN2CCOCC2)cc1. The highest BCUT2D eigenvalue weighted by Crippen LogP contribution is 2.08. The van der Waals surface area contributed by atoms with Crippen LogP contribution in [0.25, 0.3) is 0 Å². The normalized spacial score (nSPS) is 15.9. The van der Waals surface area contributed by atoms with Crippen molar-refractivity contribution in [1.29, 1.82) is 0 Å². The molecule has 0 saturated carbocycles. The zero-order valence-electron chi connectivity index (χ0n) is 14.2. The summed E-state index contributed by atoms with van der Waals surface area (Å²) in [7, 11) is -3.65. The van der Waals surface area contributed by atoms with Gasteiger partial charge in [-0.1, -0.05) is 12.1 Å². The zero-order chi connectivity index (χ0) is 18.1. The highest BCUT2D eigenvalue weighted by atomic mass is 32.2. The third-order valence-electron chi connectivity index (χ3n) is 3.98. The number of sulfonamides is 1. The summed E-state index contributed by atoms with van der Waals surface area (Å²) in [6, 6.07) is 6.43. The van der Waals surface area contributed by atoms with Gasteiger partial charge < -0.3 is 15.4 Å². The Balaban J connectivity index is 1.56. The van der Waals surface area contributed by atoms with E-state index in [9.17, 15) is 13.2 Å². The van der Waals surface area contributed by atoms with Gasteiger partial charge in [0, 0.05) is 26.2 Å². The van der Waals surface area contributed by atoms with Gasteiger partial charge in [0.1, 0.15) is 0 Å². The molecule has 0 aromatic heterocycles. The van der Waals surface area contributed by atoms with Gasteiger partial charge in [0.25, 0.3) is 0 Å². The summed E-state index contributed by atoms with van der Waals surface area (Å²) in [4.78, 5) is 14.1. The van der Waals surface area contributed by atoms with Crippen LogP contribution in [-0.2, 0) is 26.0 Å². The molecule has 1 aromatic carbocycles. The van der Waals surface area contributed by atoms with Gasteiger partial charge in [-0.05, 0) is 30.7 Å². The van der Waals surface area contributed by atoms with Crippen LogP contribution in [0, 0.1) is 0 Å². The van der Waals surface area contributed by atoms with Crippen LogP contribution in [0.2, 0.25) is 0 Å². The third kappa shape index (κ3) is 7.49. The van der Waals surface area contributed by atoms with E-state index in [0.29, 0.717) is 19.5 Å². The number of morpholine rings is 1. The molecule has 4 N–H and O–H groups in total. The minimum atomic E-state index is -3.65. The number of benzene rings is 1. The lowest BCUT2D eigenvalue weighted by Gasteiger charge is -2.26. The molecule has 0 bridgehead atoms. The summed E-state index contributed by atoms with van der Waals surface area (Å²) in [6.45, 7) is 5.71. The molecule has 0 spiro atoms. The molecule has 25 heavy (non-hydrogen) atoms. The highest BCUT2D eigenvalue weighted by Gasteiger charge is 2.10. The maximum atomic E-state index is 11.8. The van der Waals surface area contributed by atoms with Crippen LogP contribution >= 0.6 is 0 Å². The van der Waals surface area contributed by atoms with E-state index in [1.807, 2.05) is 0 Å². The van der Waals surface area contributed by atoms with Gasteiger partial charge >= 0.3 is 0 Å². The zero-order valence-corrected chi connectivity index (χ0v) is 15.1. The van der Waals surface area contributed by atoms with Crippen molar-refractivity contribution in [3.8, 4) is 0 Å². The average Bonchev–Trinajstić information content (AvgIpc) is 2.59. The average molecular weight is 370 g/mol. The van der Waals surface area contributed by atoms with Gasteiger partial charge in [-0.25, -0.2) is 13.6 Å². The van der Waals surface area contributed by atoms with Crippen molar-refractivity contribution < 1.29 is 17.9 Å². The summed E-state index contributed by atoms with van der Waals surface area (Å²) < 4.78 is 27.6. The quantitative estimate of drug-likeness (QED) is 0.476. The molecule has 0 atom stereocenters. The van der Waals surface area contributed by atoms with Gasteiger partial charge in [-0.3, -0.25) is 9.69 Å². The van der Waals surface area contributed by atoms with E-state index < -0.39 is 10.0 Å². The van der Waals surface area contributed by atoms with Gasteiger partial charge in [-0.15, -0.1) is 0 Å². The standard InChI is InChI=1S/C16H26N4O4S/c17-25(22,23)15-3-1-14(2-4-15)5-6-18-13-16(21)19-7-8-20-9-11-24-12-10-20/h1-4,18H,5-13H2,(H,19,21)(H2,17,22,23). The van der Waals surface area contributed by atoms with E-state index in [1.54, 1.807) is 12.1 Å². The van der Waals surface area contributed by atoms with Crippen molar-refractivity contribution in [2.45, 2.75) is 11.3 Å². The molecule has 1 amide bonds. The molecular weight excluding hydrogens is 344 g/mol. The summed E-state index contributed by atoms with van der Waals surface area (Å²) in [6.07, 6.45) is 0.700. The number of hydrogen-bond donors (Lipinski definition) is 3. The Morgan fingerprint density at radius 2 is 1.84 bits per heavy atom. The first-order chi connectivity index (χ1) is 11.9. The smallest absolute Gasteiger partial charge is 0.238 e. The Hall–Kier alpha value is -1.52. The predicted molar refractivity (Wildman–Crippen MR) is 94.7 cm³/mol. The molecule has 0 radical (unpaired) electrons. The Bertz CT molecular complexity index is 643. The number of hydrogen-bond acceptors (Lipinski definition) is 6. The number of nitrogens with zero attached hydrogens (tertiary/aromatic N) is 1. The van der Waals surface area contributed by atoms with E-state index in [2.05, 4.69) is 15.5 Å². The Morgan fingerprint density at radius 3 is 2.48 bits per heavy atom. The number of primary sulfonamides is 1. The second-order valence-corrected chi connectivity index (χ2v) is 7.48. The molecule has 1 fully saturated rings. The van der Waals surface area contributed by atoms with Crippen molar-refractivity contribution in [3.05, 3.63) is 29.8 Å². The molecule has 1 aliphatic rings. The Morgan fingerprint density at radius 1 is 1.16 bits per heavy atom. The number of nitrogens with two attached hydrogens (primary N) is 1. The fourth-order valence-corrected chi connectivity index (χ4v) is 3.04. The van der Waals surface area contributed by atoms with Crippen LogP contribution in [-0.4, -0.2) is 71.7 Å². The number of ether oxygens (including phenoxy) is 1. The number of nitrogens with one attached hydrogen (secondary N) is 2. The Kier molecular flexibility index (Phi) is 7.79. The predicted octanol–water partition coefficient (Wildman–Crippen LogP) is -1.09. The van der Waals surface area contributed by atoms with Crippen LogP contribution in [0.15, 0.2) is 29.2 Å². The van der Waals surface area contributed by atoms with Crippen LogP contribution in [0.4, 0.5) is 0 Å². The van der Waals surface area contributed by atoms with Crippen molar-refractivity contribution >= 4 is 15.9 Å². The number of rotatable bonds is 9. The van der Waals surface area contributed by atoms with Gasteiger partial charge in [0.15, 0.2) is 0 Å². The topological polar surface area (TPSA) is 114 Å². The van der Waals surface area contributed by atoms with E-state index >= 15 is 0 Å².